The Morgan fingerprint density at radius 2 is 1.68 bits per heavy atom. The summed E-state index contributed by atoms with van der Waals surface area (Å²) in [6.45, 7) is 1.95. The molecular weight excluding hydrogens is 352 g/mol. The van der Waals surface area contributed by atoms with E-state index in [1.165, 1.54) is 16.3 Å². The maximum absolute atomic E-state index is 12.2. The molecule has 1 aromatic heterocycles. The van der Waals surface area contributed by atoms with Crippen LogP contribution in [0.25, 0.3) is 11.3 Å². The van der Waals surface area contributed by atoms with E-state index in [0.29, 0.717) is 18.8 Å². The highest BCUT2D eigenvalue weighted by Crippen LogP contribution is 2.13. The van der Waals surface area contributed by atoms with Gasteiger partial charge in [0.2, 0.25) is 5.91 Å². The Balaban J connectivity index is 1.51. The Bertz CT molecular complexity index is 955. The number of carbonyl (C=O) groups excluding carboxylic acids is 1. The third-order valence-corrected chi connectivity index (χ3v) is 4.34. The van der Waals surface area contributed by atoms with Gasteiger partial charge >= 0.3 is 0 Å². The molecule has 0 saturated heterocycles. The van der Waals surface area contributed by atoms with E-state index in [2.05, 4.69) is 27.4 Å². The molecule has 0 saturated carbocycles. The monoisotopic (exact) mass is 376 g/mol. The molecule has 0 aliphatic heterocycles. The summed E-state index contributed by atoms with van der Waals surface area (Å²) in [5, 5.41) is 7.17. The van der Waals surface area contributed by atoms with Crippen molar-refractivity contribution in [3.63, 3.8) is 0 Å². The van der Waals surface area contributed by atoms with Crippen LogP contribution in [0.2, 0.25) is 0 Å². The standard InChI is InChI=1S/C22H24N4O2/c1-25(16-18-8-4-2-5-9-18)15-14-23-21(27)17-26-22(28)13-12-20(24-26)19-10-6-3-7-11-19/h2-13H,14-17H2,1H3,(H,23,27). The van der Waals surface area contributed by atoms with Crippen molar-refractivity contribution in [3.8, 4) is 11.3 Å². The van der Waals surface area contributed by atoms with E-state index in [9.17, 15) is 9.59 Å². The summed E-state index contributed by atoms with van der Waals surface area (Å²) in [6, 6.07) is 22.9. The molecule has 0 unspecified atom stereocenters. The van der Waals surface area contributed by atoms with Crippen LogP contribution in [0.1, 0.15) is 5.56 Å². The fourth-order valence-corrected chi connectivity index (χ4v) is 2.88. The Hall–Kier alpha value is -3.25. The summed E-state index contributed by atoms with van der Waals surface area (Å²) in [6.07, 6.45) is 0. The molecule has 0 spiro atoms. The second-order valence-electron chi connectivity index (χ2n) is 6.65. The maximum Gasteiger partial charge on any atom is 0.267 e. The summed E-state index contributed by atoms with van der Waals surface area (Å²) >= 11 is 0. The lowest BCUT2D eigenvalue weighted by atomic mass is 10.1. The normalized spacial score (nSPS) is 10.8. The number of likely N-dealkylation sites (N-methyl/N-ethyl adjacent to an activating group) is 1. The average Bonchev–Trinajstić information content (AvgIpc) is 2.71. The topological polar surface area (TPSA) is 67.2 Å². The van der Waals surface area contributed by atoms with Gasteiger partial charge in [0.25, 0.3) is 5.56 Å². The molecule has 6 nitrogen and oxygen atoms in total. The van der Waals surface area contributed by atoms with Crippen molar-refractivity contribution in [2.45, 2.75) is 13.1 Å². The third-order valence-electron chi connectivity index (χ3n) is 4.34. The third kappa shape index (κ3) is 5.62. The highest BCUT2D eigenvalue weighted by Gasteiger charge is 2.08. The zero-order chi connectivity index (χ0) is 19.8. The molecule has 0 atom stereocenters. The number of nitrogens with zero attached hydrogens (tertiary/aromatic N) is 3. The number of aromatic nitrogens is 2. The summed E-state index contributed by atoms with van der Waals surface area (Å²) in [5.41, 5.74) is 2.50. The summed E-state index contributed by atoms with van der Waals surface area (Å²) in [5.74, 6) is -0.229. The van der Waals surface area contributed by atoms with E-state index >= 15 is 0 Å². The van der Waals surface area contributed by atoms with Crippen LogP contribution in [0.4, 0.5) is 0 Å². The van der Waals surface area contributed by atoms with E-state index in [-0.39, 0.29) is 18.0 Å². The molecule has 1 heterocycles. The predicted octanol–water partition coefficient (Wildman–Crippen LogP) is 2.16. The largest absolute Gasteiger partial charge is 0.353 e. The Labute approximate surface area is 164 Å². The second kappa shape index (κ2) is 9.62. The van der Waals surface area contributed by atoms with Crippen LogP contribution in [-0.2, 0) is 17.9 Å². The van der Waals surface area contributed by atoms with Gasteiger partial charge in [-0.25, -0.2) is 4.68 Å². The number of nitrogens with one attached hydrogen (secondary N) is 1. The van der Waals surface area contributed by atoms with Crippen molar-refractivity contribution in [3.05, 3.63) is 88.7 Å². The van der Waals surface area contributed by atoms with E-state index in [4.69, 9.17) is 0 Å². The minimum absolute atomic E-state index is 0.0953. The van der Waals surface area contributed by atoms with Crippen LogP contribution in [0.3, 0.4) is 0 Å². The SMILES string of the molecule is CN(CCNC(=O)Cn1nc(-c2ccccc2)ccc1=O)Cc1ccccc1. The summed E-state index contributed by atoms with van der Waals surface area (Å²) < 4.78 is 1.20. The molecule has 6 heteroatoms. The zero-order valence-corrected chi connectivity index (χ0v) is 15.9. The van der Waals surface area contributed by atoms with Gasteiger partial charge < -0.3 is 10.2 Å². The quantitative estimate of drug-likeness (QED) is 0.654. The van der Waals surface area contributed by atoms with Gasteiger partial charge in [-0.05, 0) is 18.7 Å². The van der Waals surface area contributed by atoms with Gasteiger partial charge in [0.05, 0.1) is 5.69 Å². The van der Waals surface area contributed by atoms with Gasteiger partial charge in [0.1, 0.15) is 6.54 Å². The van der Waals surface area contributed by atoms with E-state index in [0.717, 1.165) is 12.1 Å². The highest BCUT2D eigenvalue weighted by molar-refractivity contribution is 5.75. The maximum atomic E-state index is 12.2. The molecule has 0 aliphatic carbocycles. The fourth-order valence-electron chi connectivity index (χ4n) is 2.88. The molecule has 0 aliphatic rings. The minimum atomic E-state index is -0.295. The first-order valence-corrected chi connectivity index (χ1v) is 9.24. The van der Waals surface area contributed by atoms with Crippen molar-refractivity contribution in [2.75, 3.05) is 20.1 Å². The smallest absolute Gasteiger partial charge is 0.267 e. The molecule has 1 N–H and O–H groups in total. The molecule has 0 bridgehead atoms. The van der Waals surface area contributed by atoms with Gasteiger partial charge in [-0.15, -0.1) is 0 Å². The van der Waals surface area contributed by atoms with Crippen LogP contribution in [-0.4, -0.2) is 40.7 Å². The van der Waals surface area contributed by atoms with Crippen molar-refractivity contribution >= 4 is 5.91 Å². The van der Waals surface area contributed by atoms with Gasteiger partial charge in [-0.1, -0.05) is 60.7 Å². The molecule has 3 rings (SSSR count). The average molecular weight is 376 g/mol. The Morgan fingerprint density at radius 3 is 2.39 bits per heavy atom. The van der Waals surface area contributed by atoms with Gasteiger partial charge in [0.15, 0.2) is 0 Å². The number of benzene rings is 2. The van der Waals surface area contributed by atoms with E-state index < -0.39 is 0 Å². The summed E-state index contributed by atoms with van der Waals surface area (Å²) in [4.78, 5) is 26.4. The second-order valence-corrected chi connectivity index (χ2v) is 6.65. The predicted molar refractivity (Wildman–Crippen MR) is 110 cm³/mol. The molecule has 0 fully saturated rings. The molecule has 144 valence electrons. The van der Waals surface area contributed by atoms with Crippen LogP contribution < -0.4 is 10.9 Å². The Kier molecular flexibility index (Phi) is 6.70. The number of carbonyl (C=O) groups is 1. The lowest BCUT2D eigenvalue weighted by Crippen LogP contribution is -2.37. The lowest BCUT2D eigenvalue weighted by molar-refractivity contribution is -0.121. The number of amides is 1. The number of rotatable bonds is 8. The molecule has 1 amide bonds. The first-order valence-electron chi connectivity index (χ1n) is 9.24. The molecule has 0 radical (unpaired) electrons. The number of hydrogen-bond donors (Lipinski definition) is 1. The van der Waals surface area contributed by atoms with Gasteiger partial charge in [0, 0.05) is 31.3 Å². The molecule has 3 aromatic rings. The van der Waals surface area contributed by atoms with Gasteiger partial charge in [-0.3, -0.25) is 9.59 Å². The van der Waals surface area contributed by atoms with Crippen molar-refractivity contribution in [1.29, 1.82) is 0 Å². The number of hydrogen-bond acceptors (Lipinski definition) is 4. The Morgan fingerprint density at radius 1 is 1.00 bits per heavy atom. The molecule has 2 aromatic carbocycles. The molecule has 28 heavy (non-hydrogen) atoms. The van der Waals surface area contributed by atoms with Crippen LogP contribution in [0.5, 0.6) is 0 Å². The fraction of sp³-hybridized carbons (Fsp3) is 0.227. The minimum Gasteiger partial charge on any atom is -0.353 e. The van der Waals surface area contributed by atoms with Crippen molar-refractivity contribution < 1.29 is 4.79 Å². The van der Waals surface area contributed by atoms with Crippen LogP contribution in [0, 0.1) is 0 Å². The van der Waals surface area contributed by atoms with Crippen molar-refractivity contribution in [2.24, 2.45) is 0 Å². The van der Waals surface area contributed by atoms with Crippen LogP contribution in [0.15, 0.2) is 77.6 Å². The van der Waals surface area contributed by atoms with Crippen molar-refractivity contribution in [1.82, 2.24) is 20.0 Å². The summed E-state index contributed by atoms with van der Waals surface area (Å²) in [7, 11) is 2.01. The van der Waals surface area contributed by atoms with Gasteiger partial charge in [-0.2, -0.15) is 5.10 Å². The van der Waals surface area contributed by atoms with Crippen LogP contribution >= 0.6 is 0 Å². The lowest BCUT2D eigenvalue weighted by Gasteiger charge is -2.17. The zero-order valence-electron chi connectivity index (χ0n) is 15.9. The highest BCUT2D eigenvalue weighted by atomic mass is 16.2. The molecular formula is C22H24N4O2. The van der Waals surface area contributed by atoms with E-state index in [1.54, 1.807) is 6.07 Å². The first-order chi connectivity index (χ1) is 13.6. The first kappa shape index (κ1) is 19.5. The van der Waals surface area contributed by atoms with E-state index in [1.807, 2.05) is 55.6 Å².